The molecule has 192 valence electrons. The quantitative estimate of drug-likeness (QED) is 0.230. The predicted molar refractivity (Wildman–Crippen MR) is 137 cm³/mol. The number of aromatic nitrogens is 2. The van der Waals surface area contributed by atoms with Gasteiger partial charge in [-0.3, -0.25) is 9.59 Å². The van der Waals surface area contributed by atoms with E-state index < -0.39 is 6.04 Å². The summed E-state index contributed by atoms with van der Waals surface area (Å²) in [5.74, 6) is 0.225. The average Bonchev–Trinajstić information content (AvgIpc) is 2.87. The zero-order valence-electron chi connectivity index (χ0n) is 20.7. The number of nitrogens with one attached hydrogen (secondary N) is 4. The zero-order chi connectivity index (χ0) is 25.5. The van der Waals surface area contributed by atoms with E-state index in [2.05, 4.69) is 31.2 Å². The van der Waals surface area contributed by atoms with E-state index in [1.54, 1.807) is 12.1 Å². The summed E-state index contributed by atoms with van der Waals surface area (Å²) in [5, 5.41) is 12.1. The number of hydrogen-bond acceptors (Lipinski definition) is 7. The van der Waals surface area contributed by atoms with Crippen LogP contribution in [0.1, 0.15) is 68.3 Å². The Balaban J connectivity index is 1.78. The van der Waals surface area contributed by atoms with Gasteiger partial charge in [-0.15, -0.1) is 0 Å². The Kier molecular flexibility index (Phi) is 12.5. The third-order valence-corrected chi connectivity index (χ3v) is 5.40. The Hall–Kier alpha value is -3.27. The van der Waals surface area contributed by atoms with E-state index in [9.17, 15) is 14.0 Å². The van der Waals surface area contributed by atoms with Crippen LogP contribution in [0, 0.1) is 5.82 Å². The van der Waals surface area contributed by atoms with Crippen LogP contribution < -0.4 is 27.0 Å². The molecule has 35 heavy (non-hydrogen) atoms. The molecular weight excluding hydrogens is 449 g/mol. The number of benzene rings is 1. The summed E-state index contributed by atoms with van der Waals surface area (Å²) in [6, 6.07) is 5.56. The summed E-state index contributed by atoms with van der Waals surface area (Å²) < 4.78 is 13.1. The fraction of sp³-hybridized carbons (Fsp3) is 0.520. The van der Waals surface area contributed by atoms with E-state index >= 15 is 0 Å². The third-order valence-electron chi connectivity index (χ3n) is 5.40. The molecule has 1 heterocycles. The monoisotopic (exact) mass is 487 g/mol. The maximum absolute atomic E-state index is 13.1. The fourth-order valence-corrected chi connectivity index (χ4v) is 3.22. The second-order valence-electron chi connectivity index (χ2n) is 8.34. The number of hydrogen-bond donors (Lipinski definition) is 5. The summed E-state index contributed by atoms with van der Waals surface area (Å²) in [7, 11) is 0. The van der Waals surface area contributed by atoms with Gasteiger partial charge in [-0.25, -0.2) is 9.37 Å². The molecule has 0 radical (unpaired) electrons. The first-order valence-electron chi connectivity index (χ1n) is 12.3. The molecule has 2 aromatic rings. The number of carbonyl (C=O) groups is 2. The van der Waals surface area contributed by atoms with Crippen molar-refractivity contribution < 1.29 is 14.0 Å². The number of nitrogens with two attached hydrogens (primary N) is 1. The third kappa shape index (κ3) is 10.3. The molecule has 0 bridgehead atoms. The molecule has 0 spiro atoms. The summed E-state index contributed by atoms with van der Waals surface area (Å²) in [5.41, 5.74) is 6.85. The number of halogens is 1. The van der Waals surface area contributed by atoms with E-state index in [4.69, 9.17) is 5.73 Å². The van der Waals surface area contributed by atoms with E-state index in [0.717, 1.165) is 37.7 Å². The van der Waals surface area contributed by atoms with Gasteiger partial charge in [0.1, 0.15) is 17.2 Å². The number of amides is 2. The van der Waals surface area contributed by atoms with Crippen molar-refractivity contribution in [2.75, 3.05) is 30.3 Å². The normalized spacial score (nSPS) is 11.5. The first-order valence-corrected chi connectivity index (χ1v) is 12.3. The molecule has 1 aromatic carbocycles. The lowest BCUT2D eigenvalue weighted by Crippen LogP contribution is -2.40. The minimum atomic E-state index is -0.428. The minimum Gasteiger partial charge on any atom is -0.369 e. The van der Waals surface area contributed by atoms with Crippen LogP contribution in [-0.4, -0.2) is 47.5 Å². The lowest BCUT2D eigenvalue weighted by Gasteiger charge is -2.13. The number of nitrogens with zero attached hydrogens (tertiary/aromatic N) is 2. The molecule has 9 nitrogen and oxygen atoms in total. The number of rotatable bonds is 16. The van der Waals surface area contributed by atoms with Crippen molar-refractivity contribution in [3.8, 4) is 0 Å². The Morgan fingerprint density at radius 1 is 0.971 bits per heavy atom. The molecule has 0 aliphatic rings. The Labute approximate surface area is 206 Å². The molecule has 0 fully saturated rings. The molecule has 1 aromatic heterocycles. The van der Waals surface area contributed by atoms with Crippen LogP contribution >= 0.6 is 0 Å². The van der Waals surface area contributed by atoms with E-state index in [-0.39, 0.29) is 24.2 Å². The highest BCUT2D eigenvalue weighted by molar-refractivity contribution is 5.98. The van der Waals surface area contributed by atoms with E-state index in [1.165, 1.54) is 18.3 Å². The molecule has 0 saturated heterocycles. The minimum absolute atomic E-state index is 0.0913. The molecule has 2 rings (SSSR count). The van der Waals surface area contributed by atoms with Crippen molar-refractivity contribution in [3.63, 3.8) is 0 Å². The molecule has 6 N–H and O–H groups in total. The van der Waals surface area contributed by atoms with Gasteiger partial charge in [-0.2, -0.15) is 4.98 Å². The molecule has 2 amide bonds. The van der Waals surface area contributed by atoms with Crippen LogP contribution in [0.3, 0.4) is 0 Å². The Bertz CT molecular complexity index is 925. The van der Waals surface area contributed by atoms with Gasteiger partial charge >= 0.3 is 0 Å². The first-order chi connectivity index (χ1) is 16.9. The lowest BCUT2D eigenvalue weighted by molar-refractivity contribution is -0.122. The van der Waals surface area contributed by atoms with Gasteiger partial charge in [0.05, 0.1) is 6.04 Å². The van der Waals surface area contributed by atoms with E-state index in [1.807, 2.05) is 13.8 Å². The summed E-state index contributed by atoms with van der Waals surface area (Å²) >= 11 is 0. The number of unbranched alkanes of at least 4 members (excludes halogenated alkanes) is 3. The largest absolute Gasteiger partial charge is 0.369 e. The van der Waals surface area contributed by atoms with Gasteiger partial charge in [-0.05, 0) is 43.4 Å². The van der Waals surface area contributed by atoms with Crippen LogP contribution in [0.25, 0.3) is 0 Å². The first kappa shape index (κ1) is 28.0. The highest BCUT2D eigenvalue weighted by Crippen LogP contribution is 2.15. The van der Waals surface area contributed by atoms with Crippen LogP contribution in [0.2, 0.25) is 0 Å². The summed E-state index contributed by atoms with van der Waals surface area (Å²) in [6.45, 7) is 6.22. The van der Waals surface area contributed by atoms with Gasteiger partial charge < -0.3 is 27.0 Å². The van der Waals surface area contributed by atoms with E-state index in [0.29, 0.717) is 43.4 Å². The Morgan fingerprint density at radius 2 is 1.69 bits per heavy atom. The molecule has 0 saturated carbocycles. The van der Waals surface area contributed by atoms with Crippen LogP contribution in [0.15, 0.2) is 30.5 Å². The molecule has 10 heteroatoms. The maximum atomic E-state index is 13.1. The molecule has 1 atom stereocenters. The highest BCUT2D eigenvalue weighted by atomic mass is 19.1. The van der Waals surface area contributed by atoms with Gasteiger partial charge in [0.2, 0.25) is 11.9 Å². The van der Waals surface area contributed by atoms with Crippen molar-refractivity contribution in [1.82, 2.24) is 20.6 Å². The van der Waals surface area contributed by atoms with Crippen LogP contribution in [-0.2, 0) is 11.3 Å². The average molecular weight is 488 g/mol. The van der Waals surface area contributed by atoms with Crippen LogP contribution in [0.5, 0.6) is 0 Å². The van der Waals surface area contributed by atoms with Crippen LogP contribution in [0.4, 0.5) is 16.2 Å². The molecule has 0 unspecified atom stereocenters. The fourth-order valence-electron chi connectivity index (χ4n) is 3.22. The van der Waals surface area contributed by atoms with Gasteiger partial charge in [0.15, 0.2) is 0 Å². The number of carbonyl (C=O) groups excluding carboxylic acids is 2. The lowest BCUT2D eigenvalue weighted by atomic mass is 10.2. The van der Waals surface area contributed by atoms with Gasteiger partial charge in [-0.1, -0.05) is 38.8 Å². The van der Waals surface area contributed by atoms with Crippen molar-refractivity contribution in [1.29, 1.82) is 0 Å². The van der Waals surface area contributed by atoms with Crippen molar-refractivity contribution in [2.24, 2.45) is 5.73 Å². The smallest absolute Gasteiger partial charge is 0.256 e. The topological polar surface area (TPSA) is 134 Å². The molecular formula is C25H38FN7O2. The van der Waals surface area contributed by atoms with Crippen molar-refractivity contribution in [2.45, 2.75) is 65.0 Å². The van der Waals surface area contributed by atoms with Gasteiger partial charge in [0.25, 0.3) is 5.91 Å². The Morgan fingerprint density at radius 3 is 2.37 bits per heavy atom. The highest BCUT2D eigenvalue weighted by Gasteiger charge is 2.15. The van der Waals surface area contributed by atoms with Gasteiger partial charge in [0, 0.05) is 32.4 Å². The summed E-state index contributed by atoms with van der Waals surface area (Å²) in [6.07, 6.45) is 6.88. The predicted octanol–water partition coefficient (Wildman–Crippen LogP) is 3.19. The zero-order valence-corrected chi connectivity index (χ0v) is 20.7. The second-order valence-corrected chi connectivity index (χ2v) is 8.34. The summed E-state index contributed by atoms with van der Waals surface area (Å²) in [4.78, 5) is 33.1. The maximum Gasteiger partial charge on any atom is 0.256 e. The number of anilines is 2. The van der Waals surface area contributed by atoms with Crippen molar-refractivity contribution in [3.05, 3.63) is 47.4 Å². The standard InChI is InChI=1S/C25H38FN7O2/c1-3-13-28-22-20(23(34)31-16-18-9-11-19(26)12-10-18)17-32-25(33-22)30-15-8-6-5-7-14-29-24(35)21(27)4-2/h9-12,17,21H,3-8,13-16,27H2,1-2H3,(H,29,35)(H,31,34)(H2,28,30,32,33)/t21-/m0/s1. The molecule has 0 aliphatic heterocycles. The second kappa shape index (κ2) is 15.6. The molecule has 0 aliphatic carbocycles. The van der Waals surface area contributed by atoms with Crippen molar-refractivity contribution >= 4 is 23.6 Å². The SMILES string of the molecule is CCCNc1nc(NCCCCCCNC(=O)[C@@H](N)CC)ncc1C(=O)NCc1ccc(F)cc1.